The Balaban J connectivity index is 1.80. The second-order valence-corrected chi connectivity index (χ2v) is 8.01. The maximum absolute atomic E-state index is 12.6. The molecule has 1 N–H and O–H groups in total. The summed E-state index contributed by atoms with van der Waals surface area (Å²) < 4.78 is 39.0. The average Bonchev–Trinajstić information content (AvgIpc) is 2.51. The molecule has 0 radical (unpaired) electrons. The Hall–Kier alpha value is -1.27. The molecule has 1 aromatic rings. The number of hydrogen-bond acceptors (Lipinski definition) is 4. The van der Waals surface area contributed by atoms with Crippen LogP contribution in [0.2, 0.25) is 0 Å². The van der Waals surface area contributed by atoms with Crippen molar-refractivity contribution in [2.75, 3.05) is 13.2 Å². The quantitative estimate of drug-likeness (QED) is 0.927. The Kier molecular flexibility index (Phi) is 4.32. The van der Waals surface area contributed by atoms with Crippen LogP contribution in [0.1, 0.15) is 33.1 Å². The molecule has 0 unspecified atom stereocenters. The predicted octanol–water partition coefficient (Wildman–Crippen LogP) is 2.56. The standard InChI is InChI=1S/C16H23NO4S/c1-11-4-3-5-14(12(11)2)17-22(18,19)13-6-7-15-16(10-13)21-9-8-20-15/h6-7,10-12,14,17H,3-5,8-9H2,1-2H3/t11-,12-,14-/m1/s1. The van der Waals surface area contributed by atoms with Crippen molar-refractivity contribution in [3.8, 4) is 11.5 Å². The van der Waals surface area contributed by atoms with Crippen LogP contribution in [0, 0.1) is 11.8 Å². The molecule has 2 aliphatic rings. The Labute approximate surface area is 132 Å². The maximum atomic E-state index is 12.6. The molecule has 0 aromatic heterocycles. The lowest BCUT2D eigenvalue weighted by atomic mass is 9.78. The summed E-state index contributed by atoms with van der Waals surface area (Å²) in [5.41, 5.74) is 0. The van der Waals surface area contributed by atoms with E-state index in [-0.39, 0.29) is 10.9 Å². The molecule has 5 nitrogen and oxygen atoms in total. The molecule has 1 saturated carbocycles. The summed E-state index contributed by atoms with van der Waals surface area (Å²) in [6.45, 7) is 5.26. The molecule has 0 spiro atoms. The van der Waals surface area contributed by atoms with E-state index in [1.807, 2.05) is 0 Å². The minimum absolute atomic E-state index is 0.00181. The van der Waals surface area contributed by atoms with Gasteiger partial charge in [0.2, 0.25) is 10.0 Å². The van der Waals surface area contributed by atoms with Crippen LogP contribution in [-0.4, -0.2) is 27.7 Å². The summed E-state index contributed by atoms with van der Waals surface area (Å²) in [4.78, 5) is 0.238. The predicted molar refractivity (Wildman–Crippen MR) is 83.7 cm³/mol. The van der Waals surface area contributed by atoms with E-state index in [1.54, 1.807) is 18.2 Å². The van der Waals surface area contributed by atoms with E-state index in [4.69, 9.17) is 9.47 Å². The lowest BCUT2D eigenvalue weighted by Crippen LogP contribution is -2.43. The molecular formula is C16H23NO4S. The summed E-state index contributed by atoms with van der Waals surface area (Å²) in [6, 6.07) is 4.79. The first kappa shape index (κ1) is 15.6. The fourth-order valence-corrected chi connectivity index (χ4v) is 4.58. The topological polar surface area (TPSA) is 64.6 Å². The van der Waals surface area contributed by atoms with Crippen LogP contribution in [0.4, 0.5) is 0 Å². The highest BCUT2D eigenvalue weighted by molar-refractivity contribution is 7.89. The van der Waals surface area contributed by atoms with Gasteiger partial charge in [0, 0.05) is 12.1 Å². The van der Waals surface area contributed by atoms with Crippen LogP contribution in [0.15, 0.2) is 23.1 Å². The zero-order valence-electron chi connectivity index (χ0n) is 13.0. The Morgan fingerprint density at radius 2 is 1.82 bits per heavy atom. The SMILES string of the molecule is C[C@@H]1[C@H](C)CCC[C@H]1NS(=O)(=O)c1ccc2c(c1)OCCO2. The van der Waals surface area contributed by atoms with Crippen LogP contribution in [0.5, 0.6) is 11.5 Å². The normalized spacial score (nSPS) is 28.4. The van der Waals surface area contributed by atoms with Crippen molar-refractivity contribution in [2.24, 2.45) is 11.8 Å². The fourth-order valence-electron chi connectivity index (χ4n) is 3.21. The summed E-state index contributed by atoms with van der Waals surface area (Å²) in [5, 5.41) is 0. The number of fused-ring (bicyclic) bond motifs is 1. The number of sulfonamides is 1. The molecule has 0 saturated heterocycles. The molecule has 22 heavy (non-hydrogen) atoms. The van der Waals surface area contributed by atoms with Gasteiger partial charge in [0.25, 0.3) is 0 Å². The van der Waals surface area contributed by atoms with Gasteiger partial charge in [0.15, 0.2) is 11.5 Å². The van der Waals surface area contributed by atoms with E-state index in [0.29, 0.717) is 36.5 Å². The van der Waals surface area contributed by atoms with E-state index in [0.717, 1.165) is 12.8 Å². The lowest BCUT2D eigenvalue weighted by Gasteiger charge is -2.34. The van der Waals surface area contributed by atoms with Gasteiger partial charge >= 0.3 is 0 Å². The second kappa shape index (κ2) is 6.08. The third kappa shape index (κ3) is 3.08. The third-order valence-electron chi connectivity index (χ3n) is 4.84. The van der Waals surface area contributed by atoms with Gasteiger partial charge in [-0.05, 0) is 30.4 Å². The minimum Gasteiger partial charge on any atom is -0.486 e. The van der Waals surface area contributed by atoms with Crippen molar-refractivity contribution in [3.63, 3.8) is 0 Å². The first-order valence-electron chi connectivity index (χ1n) is 7.89. The van der Waals surface area contributed by atoms with Gasteiger partial charge in [0.05, 0.1) is 4.90 Å². The van der Waals surface area contributed by atoms with Crippen LogP contribution >= 0.6 is 0 Å². The van der Waals surface area contributed by atoms with Crippen molar-refractivity contribution in [1.82, 2.24) is 4.72 Å². The highest BCUT2D eigenvalue weighted by atomic mass is 32.2. The Morgan fingerprint density at radius 1 is 1.09 bits per heavy atom. The number of nitrogens with one attached hydrogen (secondary N) is 1. The highest BCUT2D eigenvalue weighted by Crippen LogP contribution is 2.34. The summed E-state index contributed by atoms with van der Waals surface area (Å²) in [7, 11) is -3.54. The first-order chi connectivity index (χ1) is 10.5. The van der Waals surface area contributed by atoms with Gasteiger partial charge in [-0.15, -0.1) is 0 Å². The van der Waals surface area contributed by atoms with Crippen molar-refractivity contribution in [2.45, 2.75) is 44.0 Å². The third-order valence-corrected chi connectivity index (χ3v) is 6.32. The molecule has 3 atom stereocenters. The first-order valence-corrected chi connectivity index (χ1v) is 9.37. The van der Waals surface area contributed by atoms with Crippen molar-refractivity contribution >= 4 is 10.0 Å². The summed E-state index contributed by atoms with van der Waals surface area (Å²) in [5.74, 6) is 1.99. The van der Waals surface area contributed by atoms with Crippen LogP contribution < -0.4 is 14.2 Å². The number of hydrogen-bond donors (Lipinski definition) is 1. The zero-order valence-corrected chi connectivity index (χ0v) is 13.9. The molecule has 1 aliphatic heterocycles. The molecule has 0 amide bonds. The van der Waals surface area contributed by atoms with E-state index in [1.165, 1.54) is 6.42 Å². The zero-order chi connectivity index (χ0) is 15.7. The van der Waals surface area contributed by atoms with E-state index in [2.05, 4.69) is 18.6 Å². The van der Waals surface area contributed by atoms with Gasteiger partial charge in [0.1, 0.15) is 13.2 Å². The molecule has 122 valence electrons. The van der Waals surface area contributed by atoms with Gasteiger partial charge in [-0.2, -0.15) is 0 Å². The largest absolute Gasteiger partial charge is 0.486 e. The van der Waals surface area contributed by atoms with Crippen LogP contribution in [0.3, 0.4) is 0 Å². The molecule has 1 aromatic carbocycles. The molecule has 1 heterocycles. The highest BCUT2D eigenvalue weighted by Gasteiger charge is 2.31. The second-order valence-electron chi connectivity index (χ2n) is 6.30. The van der Waals surface area contributed by atoms with Crippen molar-refractivity contribution < 1.29 is 17.9 Å². The summed E-state index contributed by atoms with van der Waals surface area (Å²) in [6.07, 6.45) is 3.14. The van der Waals surface area contributed by atoms with E-state index in [9.17, 15) is 8.42 Å². The van der Waals surface area contributed by atoms with E-state index >= 15 is 0 Å². The van der Waals surface area contributed by atoms with Gasteiger partial charge in [-0.3, -0.25) is 0 Å². The van der Waals surface area contributed by atoms with Crippen molar-refractivity contribution in [1.29, 1.82) is 0 Å². The fraction of sp³-hybridized carbons (Fsp3) is 0.625. The molecule has 0 bridgehead atoms. The molecule has 6 heteroatoms. The van der Waals surface area contributed by atoms with Gasteiger partial charge in [-0.1, -0.05) is 26.7 Å². The lowest BCUT2D eigenvalue weighted by molar-refractivity contribution is 0.171. The summed E-state index contributed by atoms with van der Waals surface area (Å²) >= 11 is 0. The average molecular weight is 325 g/mol. The van der Waals surface area contributed by atoms with Crippen LogP contribution in [0.25, 0.3) is 0 Å². The molecule has 3 rings (SSSR count). The molecule has 1 fully saturated rings. The minimum atomic E-state index is -3.54. The Morgan fingerprint density at radius 3 is 2.59 bits per heavy atom. The van der Waals surface area contributed by atoms with Gasteiger partial charge < -0.3 is 9.47 Å². The number of ether oxygens (including phenoxy) is 2. The van der Waals surface area contributed by atoms with Crippen LogP contribution in [-0.2, 0) is 10.0 Å². The van der Waals surface area contributed by atoms with Crippen molar-refractivity contribution in [3.05, 3.63) is 18.2 Å². The van der Waals surface area contributed by atoms with E-state index < -0.39 is 10.0 Å². The Bertz CT molecular complexity index is 644. The van der Waals surface area contributed by atoms with Gasteiger partial charge in [-0.25, -0.2) is 13.1 Å². The smallest absolute Gasteiger partial charge is 0.240 e. The monoisotopic (exact) mass is 325 g/mol. The molecular weight excluding hydrogens is 302 g/mol. The number of rotatable bonds is 3. The molecule has 1 aliphatic carbocycles. The maximum Gasteiger partial charge on any atom is 0.240 e. The number of benzene rings is 1.